The third-order valence-electron chi connectivity index (χ3n) is 1.37. The standard InChI is InChI=1S/C8H5BrClN/c1-5-3-4-6(9)8(11-2)7(5)10/h3-4H,1H3. The van der Waals surface area contributed by atoms with Crippen molar-refractivity contribution in [2.75, 3.05) is 0 Å². The summed E-state index contributed by atoms with van der Waals surface area (Å²) in [6.45, 7) is 8.71. The smallest absolute Gasteiger partial charge is 0.219 e. The van der Waals surface area contributed by atoms with E-state index in [-0.39, 0.29) is 0 Å². The summed E-state index contributed by atoms with van der Waals surface area (Å²) in [7, 11) is 0. The van der Waals surface area contributed by atoms with Gasteiger partial charge in [-0.25, -0.2) is 4.85 Å². The van der Waals surface area contributed by atoms with Crippen LogP contribution in [0.25, 0.3) is 4.85 Å². The normalized spacial score (nSPS) is 9.27. The van der Waals surface area contributed by atoms with Crippen LogP contribution in [0.3, 0.4) is 0 Å². The van der Waals surface area contributed by atoms with E-state index in [2.05, 4.69) is 20.8 Å². The summed E-state index contributed by atoms with van der Waals surface area (Å²) in [5.41, 5.74) is 1.42. The fourth-order valence-corrected chi connectivity index (χ4v) is 1.48. The van der Waals surface area contributed by atoms with Gasteiger partial charge >= 0.3 is 0 Å². The Balaban J connectivity index is 3.44. The lowest BCUT2D eigenvalue weighted by atomic mass is 10.2. The molecule has 0 bridgehead atoms. The molecule has 56 valence electrons. The molecule has 0 saturated heterocycles. The molecule has 3 heteroatoms. The molecule has 11 heavy (non-hydrogen) atoms. The molecule has 0 amide bonds. The quantitative estimate of drug-likeness (QED) is 0.594. The molecule has 0 unspecified atom stereocenters. The Morgan fingerprint density at radius 2 is 2.18 bits per heavy atom. The molecule has 1 aromatic rings. The lowest BCUT2D eigenvalue weighted by Gasteiger charge is -2.00. The highest BCUT2D eigenvalue weighted by atomic mass is 79.9. The van der Waals surface area contributed by atoms with Crippen LogP contribution in [0.1, 0.15) is 5.56 Å². The van der Waals surface area contributed by atoms with Crippen LogP contribution in [0.4, 0.5) is 5.69 Å². The van der Waals surface area contributed by atoms with Gasteiger partial charge in [0.2, 0.25) is 5.69 Å². The molecule has 0 radical (unpaired) electrons. The minimum absolute atomic E-state index is 0.492. The molecule has 1 nitrogen and oxygen atoms in total. The highest BCUT2D eigenvalue weighted by Gasteiger charge is 2.06. The van der Waals surface area contributed by atoms with E-state index in [1.54, 1.807) is 0 Å². The minimum atomic E-state index is 0.492. The molecular formula is C8H5BrClN. The summed E-state index contributed by atoms with van der Waals surface area (Å²) in [6, 6.07) is 3.70. The van der Waals surface area contributed by atoms with Crippen molar-refractivity contribution in [3.05, 3.63) is 38.6 Å². The predicted molar refractivity (Wildman–Crippen MR) is 50.2 cm³/mol. The molecule has 0 saturated carbocycles. The molecule has 0 N–H and O–H groups in total. The van der Waals surface area contributed by atoms with Crippen molar-refractivity contribution < 1.29 is 0 Å². The van der Waals surface area contributed by atoms with Crippen molar-refractivity contribution in [3.8, 4) is 0 Å². The zero-order valence-electron chi connectivity index (χ0n) is 5.86. The Kier molecular flexibility index (Phi) is 2.53. The SMILES string of the molecule is [C-]#[N+]c1c(Br)ccc(C)c1Cl. The Labute approximate surface area is 78.9 Å². The van der Waals surface area contributed by atoms with Gasteiger partial charge in [-0.15, -0.1) is 0 Å². The van der Waals surface area contributed by atoms with Crippen LogP contribution in [-0.2, 0) is 0 Å². The number of hydrogen-bond donors (Lipinski definition) is 0. The van der Waals surface area contributed by atoms with Crippen molar-refractivity contribution in [2.24, 2.45) is 0 Å². The first-order valence-corrected chi connectivity index (χ1v) is 4.16. The Hall–Kier alpha value is -0.520. The Morgan fingerprint density at radius 1 is 1.55 bits per heavy atom. The number of halogens is 2. The molecule has 0 spiro atoms. The topological polar surface area (TPSA) is 4.36 Å². The zero-order valence-corrected chi connectivity index (χ0v) is 8.20. The van der Waals surface area contributed by atoms with Gasteiger partial charge in [-0.05, 0) is 12.5 Å². The first-order chi connectivity index (χ1) is 5.16. The molecule has 0 aliphatic rings. The van der Waals surface area contributed by atoms with Crippen LogP contribution in [0.2, 0.25) is 5.02 Å². The van der Waals surface area contributed by atoms with Gasteiger partial charge in [0.1, 0.15) is 0 Å². The van der Waals surface area contributed by atoms with E-state index in [1.165, 1.54) is 0 Å². The van der Waals surface area contributed by atoms with E-state index in [9.17, 15) is 0 Å². The Bertz CT molecular complexity index is 328. The van der Waals surface area contributed by atoms with Gasteiger partial charge in [0.05, 0.1) is 11.6 Å². The number of nitrogens with zero attached hydrogens (tertiary/aromatic N) is 1. The zero-order chi connectivity index (χ0) is 8.43. The second-order valence-corrected chi connectivity index (χ2v) is 3.37. The van der Waals surface area contributed by atoms with Crippen LogP contribution in [-0.4, -0.2) is 0 Å². The second kappa shape index (κ2) is 3.25. The molecule has 0 aromatic heterocycles. The van der Waals surface area contributed by atoms with Gasteiger partial charge in [0.15, 0.2) is 0 Å². The van der Waals surface area contributed by atoms with Gasteiger partial charge in [-0.2, -0.15) is 0 Å². The lowest BCUT2D eigenvalue weighted by molar-refractivity contribution is 1.47. The maximum absolute atomic E-state index is 6.83. The van der Waals surface area contributed by atoms with E-state index < -0.39 is 0 Å². The lowest BCUT2D eigenvalue weighted by Crippen LogP contribution is -1.75. The molecule has 1 rings (SSSR count). The molecule has 0 atom stereocenters. The van der Waals surface area contributed by atoms with Crippen LogP contribution >= 0.6 is 27.5 Å². The molecule has 0 fully saturated rings. The van der Waals surface area contributed by atoms with Crippen molar-refractivity contribution in [1.82, 2.24) is 0 Å². The molecule has 1 aromatic carbocycles. The predicted octanol–water partition coefficient (Wildman–Crippen LogP) is 3.96. The maximum Gasteiger partial charge on any atom is 0.219 e. The van der Waals surface area contributed by atoms with Gasteiger partial charge in [0, 0.05) is 4.47 Å². The number of benzene rings is 1. The molecular weight excluding hydrogens is 225 g/mol. The monoisotopic (exact) mass is 229 g/mol. The summed E-state index contributed by atoms with van der Waals surface area (Å²) in [5.74, 6) is 0. The summed E-state index contributed by atoms with van der Waals surface area (Å²) in [5, 5.41) is 0.536. The fourth-order valence-electron chi connectivity index (χ4n) is 0.744. The second-order valence-electron chi connectivity index (χ2n) is 2.14. The maximum atomic E-state index is 6.83. The van der Waals surface area contributed by atoms with Gasteiger partial charge in [-0.3, -0.25) is 0 Å². The average molecular weight is 230 g/mol. The first-order valence-electron chi connectivity index (χ1n) is 2.99. The summed E-state index contributed by atoms with van der Waals surface area (Å²) < 4.78 is 0.753. The van der Waals surface area contributed by atoms with E-state index in [1.807, 2.05) is 19.1 Å². The van der Waals surface area contributed by atoms with Crippen LogP contribution in [0.15, 0.2) is 16.6 Å². The average Bonchev–Trinajstić information content (AvgIpc) is 1.99. The number of rotatable bonds is 0. The van der Waals surface area contributed by atoms with E-state index in [0.29, 0.717) is 10.7 Å². The summed E-state index contributed by atoms with van der Waals surface area (Å²) in [6.07, 6.45) is 0. The highest BCUT2D eigenvalue weighted by Crippen LogP contribution is 2.35. The van der Waals surface area contributed by atoms with Crippen molar-refractivity contribution >= 4 is 33.2 Å². The third-order valence-corrected chi connectivity index (χ3v) is 2.49. The Morgan fingerprint density at radius 3 is 2.64 bits per heavy atom. The van der Waals surface area contributed by atoms with Crippen molar-refractivity contribution in [3.63, 3.8) is 0 Å². The largest absolute Gasteiger partial charge is 0.235 e. The molecule has 0 aliphatic heterocycles. The highest BCUT2D eigenvalue weighted by molar-refractivity contribution is 9.10. The fraction of sp³-hybridized carbons (Fsp3) is 0.125. The number of aryl methyl sites for hydroxylation is 1. The van der Waals surface area contributed by atoms with Gasteiger partial charge in [-0.1, -0.05) is 39.7 Å². The third kappa shape index (κ3) is 1.55. The van der Waals surface area contributed by atoms with E-state index in [0.717, 1.165) is 10.0 Å². The van der Waals surface area contributed by atoms with E-state index in [4.69, 9.17) is 18.2 Å². The van der Waals surface area contributed by atoms with Crippen molar-refractivity contribution in [1.29, 1.82) is 0 Å². The van der Waals surface area contributed by atoms with Crippen LogP contribution < -0.4 is 0 Å². The van der Waals surface area contributed by atoms with Crippen LogP contribution in [0.5, 0.6) is 0 Å². The molecule has 0 heterocycles. The molecule has 0 aliphatic carbocycles. The van der Waals surface area contributed by atoms with Gasteiger partial charge in [0.25, 0.3) is 0 Å². The summed E-state index contributed by atoms with van der Waals surface area (Å²) >= 11 is 9.10. The van der Waals surface area contributed by atoms with Gasteiger partial charge < -0.3 is 0 Å². The van der Waals surface area contributed by atoms with Crippen LogP contribution in [0, 0.1) is 13.5 Å². The minimum Gasteiger partial charge on any atom is -0.235 e. The van der Waals surface area contributed by atoms with Crippen molar-refractivity contribution in [2.45, 2.75) is 6.92 Å². The van der Waals surface area contributed by atoms with E-state index >= 15 is 0 Å². The summed E-state index contributed by atoms with van der Waals surface area (Å²) in [4.78, 5) is 3.30. The number of hydrogen-bond acceptors (Lipinski definition) is 0. The first kappa shape index (κ1) is 8.58.